The number of amides is 1. The lowest BCUT2D eigenvalue weighted by atomic mass is 10.1. The Hall–Kier alpha value is -2.67. The highest BCUT2D eigenvalue weighted by atomic mass is 32.2. The molecule has 0 aliphatic carbocycles. The topological polar surface area (TPSA) is 63.9 Å². The summed E-state index contributed by atoms with van der Waals surface area (Å²) in [5.74, 6) is 0.326. The minimum atomic E-state index is 0.0410. The lowest BCUT2D eigenvalue weighted by Gasteiger charge is -2.18. The Labute approximate surface area is 163 Å². The molecule has 140 valence electrons. The molecule has 1 amide bonds. The molecule has 27 heavy (non-hydrogen) atoms. The third-order valence-corrected chi connectivity index (χ3v) is 5.42. The van der Waals surface area contributed by atoms with Crippen molar-refractivity contribution < 1.29 is 4.79 Å². The van der Waals surface area contributed by atoms with Crippen molar-refractivity contribution in [1.29, 1.82) is 0 Å². The summed E-state index contributed by atoms with van der Waals surface area (Å²) in [4.78, 5) is 14.3. The van der Waals surface area contributed by atoms with Crippen LogP contribution in [0.25, 0.3) is 5.69 Å². The summed E-state index contributed by atoms with van der Waals surface area (Å²) in [6, 6.07) is 14.2. The van der Waals surface area contributed by atoms with Gasteiger partial charge in [0.25, 0.3) is 0 Å². The van der Waals surface area contributed by atoms with E-state index >= 15 is 0 Å². The van der Waals surface area contributed by atoms with Crippen molar-refractivity contribution in [2.24, 2.45) is 0 Å². The average Bonchev–Trinajstić information content (AvgIpc) is 3.09. The Bertz CT molecular complexity index is 933. The molecule has 0 spiro atoms. The van der Waals surface area contributed by atoms with Crippen LogP contribution in [0.4, 0.5) is 0 Å². The summed E-state index contributed by atoms with van der Waals surface area (Å²) < 4.78 is 1.71. The second-order valence-corrected chi connectivity index (χ2v) is 7.52. The van der Waals surface area contributed by atoms with E-state index in [4.69, 9.17) is 0 Å². The number of benzene rings is 2. The van der Waals surface area contributed by atoms with Gasteiger partial charge in [0, 0.05) is 13.6 Å². The van der Waals surface area contributed by atoms with Gasteiger partial charge in [-0.05, 0) is 53.5 Å². The van der Waals surface area contributed by atoms with Crippen LogP contribution in [0.3, 0.4) is 0 Å². The van der Waals surface area contributed by atoms with Gasteiger partial charge in [-0.2, -0.15) is 4.68 Å². The molecule has 0 saturated carbocycles. The van der Waals surface area contributed by atoms with Gasteiger partial charge >= 0.3 is 0 Å². The molecule has 1 aromatic heterocycles. The van der Waals surface area contributed by atoms with Crippen molar-refractivity contribution in [2.75, 3.05) is 12.8 Å². The highest BCUT2D eigenvalue weighted by molar-refractivity contribution is 7.99. The quantitative estimate of drug-likeness (QED) is 0.613. The lowest BCUT2D eigenvalue weighted by Crippen LogP contribution is -2.28. The predicted octanol–water partition coefficient (Wildman–Crippen LogP) is 3.34. The predicted molar refractivity (Wildman–Crippen MR) is 107 cm³/mol. The maximum Gasteiger partial charge on any atom is 0.233 e. The largest absolute Gasteiger partial charge is 0.341 e. The standard InChI is InChI=1S/C20H23N5OS/c1-14-8-5-6-11-17(14)12-24(4)18(26)13-27-20-21-22-23-25(20)19-15(2)9-7-10-16(19)3/h5-11H,12-13H2,1-4H3. The number of carbonyl (C=O) groups is 1. The molecule has 2 aromatic carbocycles. The van der Waals surface area contributed by atoms with E-state index in [1.807, 2.05) is 57.3 Å². The van der Waals surface area contributed by atoms with Crippen molar-refractivity contribution in [3.63, 3.8) is 0 Å². The molecule has 0 saturated heterocycles. The molecule has 3 rings (SSSR count). The number of thioether (sulfide) groups is 1. The number of rotatable bonds is 6. The van der Waals surface area contributed by atoms with E-state index in [9.17, 15) is 4.79 Å². The van der Waals surface area contributed by atoms with E-state index < -0.39 is 0 Å². The summed E-state index contributed by atoms with van der Waals surface area (Å²) >= 11 is 1.35. The summed E-state index contributed by atoms with van der Waals surface area (Å²) in [6.07, 6.45) is 0. The number of nitrogens with zero attached hydrogens (tertiary/aromatic N) is 5. The van der Waals surface area contributed by atoms with Crippen LogP contribution in [0.1, 0.15) is 22.3 Å². The number of aryl methyl sites for hydroxylation is 3. The van der Waals surface area contributed by atoms with Gasteiger partial charge in [0.05, 0.1) is 11.4 Å². The zero-order valence-electron chi connectivity index (χ0n) is 16.0. The Morgan fingerprint density at radius 1 is 1.04 bits per heavy atom. The number of aromatic nitrogens is 4. The fourth-order valence-electron chi connectivity index (χ4n) is 2.92. The van der Waals surface area contributed by atoms with Gasteiger partial charge in [0.1, 0.15) is 0 Å². The summed E-state index contributed by atoms with van der Waals surface area (Å²) in [5, 5.41) is 12.6. The average molecular weight is 382 g/mol. The lowest BCUT2D eigenvalue weighted by molar-refractivity contribution is -0.127. The zero-order valence-corrected chi connectivity index (χ0v) is 16.8. The molecule has 7 heteroatoms. The van der Waals surface area contributed by atoms with Crippen molar-refractivity contribution in [1.82, 2.24) is 25.1 Å². The SMILES string of the molecule is Cc1ccccc1CN(C)C(=O)CSc1nnnn1-c1c(C)cccc1C. The molecule has 0 N–H and O–H groups in total. The Balaban J connectivity index is 1.68. The Kier molecular flexibility index (Phi) is 5.91. The van der Waals surface area contributed by atoms with Gasteiger partial charge < -0.3 is 4.90 Å². The molecule has 0 bridgehead atoms. The van der Waals surface area contributed by atoms with Crippen LogP contribution in [0.2, 0.25) is 0 Å². The van der Waals surface area contributed by atoms with Gasteiger partial charge in [0.15, 0.2) is 0 Å². The second-order valence-electron chi connectivity index (χ2n) is 6.58. The third kappa shape index (κ3) is 4.36. The number of hydrogen-bond donors (Lipinski definition) is 0. The van der Waals surface area contributed by atoms with E-state index in [-0.39, 0.29) is 11.7 Å². The number of carbonyl (C=O) groups excluding carboxylic acids is 1. The second kappa shape index (κ2) is 8.35. The van der Waals surface area contributed by atoms with E-state index in [0.717, 1.165) is 22.4 Å². The first-order valence-corrected chi connectivity index (χ1v) is 9.72. The number of hydrogen-bond acceptors (Lipinski definition) is 5. The monoisotopic (exact) mass is 381 g/mol. The van der Waals surface area contributed by atoms with Gasteiger partial charge in [-0.1, -0.05) is 54.2 Å². The van der Waals surface area contributed by atoms with Gasteiger partial charge in [0.2, 0.25) is 11.1 Å². The molecule has 0 atom stereocenters. The van der Waals surface area contributed by atoms with Gasteiger partial charge in [-0.15, -0.1) is 5.10 Å². The highest BCUT2D eigenvalue weighted by Gasteiger charge is 2.16. The molecule has 0 fully saturated rings. The summed E-state index contributed by atoms with van der Waals surface area (Å²) in [7, 11) is 1.82. The van der Waals surface area contributed by atoms with E-state index in [2.05, 4.69) is 28.5 Å². The number of tetrazole rings is 1. The van der Waals surface area contributed by atoms with E-state index in [0.29, 0.717) is 11.7 Å². The molecule has 0 aliphatic heterocycles. The zero-order chi connectivity index (χ0) is 19.4. The Morgan fingerprint density at radius 2 is 1.70 bits per heavy atom. The molecule has 1 heterocycles. The van der Waals surface area contributed by atoms with E-state index in [1.54, 1.807) is 9.58 Å². The Morgan fingerprint density at radius 3 is 2.41 bits per heavy atom. The normalized spacial score (nSPS) is 10.8. The van der Waals surface area contributed by atoms with Crippen molar-refractivity contribution in [2.45, 2.75) is 32.5 Å². The molecular formula is C20H23N5OS. The number of para-hydroxylation sites is 1. The summed E-state index contributed by atoms with van der Waals surface area (Å²) in [6.45, 7) is 6.70. The molecule has 0 unspecified atom stereocenters. The van der Waals surface area contributed by atoms with Gasteiger partial charge in [-0.3, -0.25) is 4.79 Å². The van der Waals surface area contributed by atoms with Gasteiger partial charge in [-0.25, -0.2) is 0 Å². The van der Waals surface area contributed by atoms with Crippen molar-refractivity contribution >= 4 is 17.7 Å². The molecule has 6 nitrogen and oxygen atoms in total. The minimum absolute atomic E-state index is 0.0410. The maximum atomic E-state index is 12.6. The maximum absolute atomic E-state index is 12.6. The van der Waals surface area contributed by atoms with Crippen LogP contribution >= 0.6 is 11.8 Å². The van der Waals surface area contributed by atoms with Crippen LogP contribution in [-0.4, -0.2) is 43.8 Å². The van der Waals surface area contributed by atoms with E-state index in [1.165, 1.54) is 17.3 Å². The highest BCUT2D eigenvalue weighted by Crippen LogP contribution is 2.23. The first-order chi connectivity index (χ1) is 13.0. The van der Waals surface area contributed by atoms with Crippen molar-refractivity contribution in [3.8, 4) is 5.69 Å². The fraction of sp³-hybridized carbons (Fsp3) is 0.300. The minimum Gasteiger partial charge on any atom is -0.341 e. The van der Waals surface area contributed by atoms with Crippen LogP contribution in [-0.2, 0) is 11.3 Å². The van der Waals surface area contributed by atoms with Crippen LogP contribution in [0.5, 0.6) is 0 Å². The third-order valence-electron chi connectivity index (χ3n) is 4.51. The molecular weight excluding hydrogens is 358 g/mol. The summed E-state index contributed by atoms with van der Waals surface area (Å²) in [5.41, 5.74) is 5.48. The van der Waals surface area contributed by atoms with Crippen molar-refractivity contribution in [3.05, 3.63) is 64.7 Å². The van der Waals surface area contributed by atoms with Crippen LogP contribution in [0.15, 0.2) is 47.6 Å². The molecule has 0 radical (unpaired) electrons. The van der Waals surface area contributed by atoms with Crippen LogP contribution in [0, 0.1) is 20.8 Å². The first kappa shape index (κ1) is 19.1. The molecule has 3 aromatic rings. The van der Waals surface area contributed by atoms with Crippen LogP contribution < -0.4 is 0 Å². The smallest absolute Gasteiger partial charge is 0.233 e. The molecule has 0 aliphatic rings. The fourth-order valence-corrected chi connectivity index (χ4v) is 3.73. The first-order valence-electron chi connectivity index (χ1n) is 8.73.